The molecular weight excluding hydrogens is 326 g/mol. The highest BCUT2D eigenvalue weighted by Crippen LogP contribution is 2.31. The van der Waals surface area contributed by atoms with E-state index >= 15 is 0 Å². The van der Waals surface area contributed by atoms with Crippen molar-refractivity contribution in [1.29, 1.82) is 0 Å². The Balaban J connectivity index is 1.85. The highest BCUT2D eigenvalue weighted by Gasteiger charge is 2.17. The molecule has 1 unspecified atom stereocenters. The van der Waals surface area contributed by atoms with Gasteiger partial charge in [0.05, 0.1) is 5.69 Å². The van der Waals surface area contributed by atoms with E-state index in [2.05, 4.69) is 24.2 Å². The number of fused-ring (bicyclic) bond motifs is 1. The molecule has 5 heteroatoms. The molecule has 128 valence electrons. The average Bonchev–Trinajstić information content (AvgIpc) is 3.14. The topological polar surface area (TPSA) is 17.3 Å². The lowest BCUT2D eigenvalue weighted by atomic mass is 10.00. The highest BCUT2D eigenvalue weighted by atomic mass is 32.1. The minimum Gasteiger partial charge on any atom is -0.294 e. The molecule has 0 aliphatic rings. The number of unbranched alkanes of at least 4 members (excludes halogenated alkanes) is 3. The van der Waals surface area contributed by atoms with Gasteiger partial charge >= 0.3 is 0 Å². The highest BCUT2D eigenvalue weighted by molar-refractivity contribution is 7.15. The predicted octanol–water partition coefficient (Wildman–Crippen LogP) is 6.41. The minimum atomic E-state index is -0.839. The van der Waals surface area contributed by atoms with Crippen molar-refractivity contribution >= 4 is 16.3 Å². The summed E-state index contributed by atoms with van der Waals surface area (Å²) < 4.78 is 29.5. The van der Waals surface area contributed by atoms with E-state index < -0.39 is 11.6 Å². The third kappa shape index (κ3) is 3.36. The van der Waals surface area contributed by atoms with Crippen LogP contribution >= 0.6 is 11.3 Å². The van der Waals surface area contributed by atoms with Crippen LogP contribution in [0.15, 0.2) is 29.8 Å². The molecule has 0 saturated heterocycles. The van der Waals surface area contributed by atoms with E-state index in [9.17, 15) is 8.78 Å². The number of thiazole rings is 1. The van der Waals surface area contributed by atoms with Gasteiger partial charge < -0.3 is 0 Å². The fourth-order valence-corrected chi connectivity index (χ4v) is 4.01. The number of imidazole rings is 1. The van der Waals surface area contributed by atoms with Gasteiger partial charge in [0, 0.05) is 22.8 Å². The summed E-state index contributed by atoms with van der Waals surface area (Å²) in [6.07, 6.45) is 7.94. The Morgan fingerprint density at radius 1 is 1.21 bits per heavy atom. The Morgan fingerprint density at radius 2 is 2.04 bits per heavy atom. The smallest absolute Gasteiger partial charge is 0.194 e. The van der Waals surface area contributed by atoms with E-state index in [1.165, 1.54) is 37.4 Å². The molecule has 0 fully saturated rings. The summed E-state index contributed by atoms with van der Waals surface area (Å²) in [6.45, 7) is 4.43. The van der Waals surface area contributed by atoms with Crippen molar-refractivity contribution in [3.8, 4) is 11.3 Å². The summed E-state index contributed by atoms with van der Waals surface area (Å²) in [4.78, 5) is 5.30. The number of hydrogen-bond donors (Lipinski definition) is 0. The van der Waals surface area contributed by atoms with Crippen LogP contribution in [0.4, 0.5) is 8.78 Å². The Bertz CT molecular complexity index is 822. The van der Waals surface area contributed by atoms with Crippen molar-refractivity contribution in [3.63, 3.8) is 0 Å². The Hall–Kier alpha value is -1.75. The van der Waals surface area contributed by atoms with E-state index in [4.69, 9.17) is 0 Å². The Kier molecular flexibility index (Phi) is 5.29. The van der Waals surface area contributed by atoms with Crippen molar-refractivity contribution in [2.75, 3.05) is 0 Å². The number of aromatic nitrogens is 2. The van der Waals surface area contributed by atoms with Gasteiger partial charge in [-0.3, -0.25) is 4.40 Å². The lowest BCUT2D eigenvalue weighted by Gasteiger charge is -2.10. The largest absolute Gasteiger partial charge is 0.294 e. The molecule has 0 aliphatic carbocycles. The third-order valence-electron chi connectivity index (χ3n) is 4.46. The Labute approximate surface area is 145 Å². The third-order valence-corrected chi connectivity index (χ3v) is 5.32. The predicted molar refractivity (Wildman–Crippen MR) is 95.6 cm³/mol. The average molecular weight is 348 g/mol. The van der Waals surface area contributed by atoms with E-state index in [0.717, 1.165) is 17.4 Å². The molecule has 3 aromatic rings. The number of halogens is 2. The molecule has 0 amide bonds. The molecule has 0 spiro atoms. The minimum absolute atomic E-state index is 0.215. The SMILES string of the molecule is CCCCCCC(C)c1csc2nc(-c3cccc(F)c3F)cn12. The van der Waals surface area contributed by atoms with Gasteiger partial charge in [0.15, 0.2) is 16.6 Å². The maximum absolute atomic E-state index is 14.0. The van der Waals surface area contributed by atoms with Gasteiger partial charge in [-0.05, 0) is 24.5 Å². The first-order valence-electron chi connectivity index (χ1n) is 8.52. The first-order chi connectivity index (χ1) is 11.6. The molecule has 1 aromatic carbocycles. The molecule has 0 radical (unpaired) electrons. The number of benzene rings is 1. The monoisotopic (exact) mass is 348 g/mol. The number of rotatable bonds is 7. The van der Waals surface area contributed by atoms with Crippen LogP contribution in [0.2, 0.25) is 0 Å². The molecule has 0 N–H and O–H groups in total. The summed E-state index contributed by atoms with van der Waals surface area (Å²) in [5.41, 5.74) is 1.90. The van der Waals surface area contributed by atoms with Crippen molar-refractivity contribution < 1.29 is 8.78 Å². The maximum atomic E-state index is 14.0. The van der Waals surface area contributed by atoms with Gasteiger partial charge in [0.1, 0.15) is 0 Å². The summed E-state index contributed by atoms with van der Waals surface area (Å²) in [5.74, 6) is -1.25. The lowest BCUT2D eigenvalue weighted by molar-refractivity contribution is 0.511. The maximum Gasteiger partial charge on any atom is 0.194 e. The lowest BCUT2D eigenvalue weighted by Crippen LogP contribution is -1.97. The molecule has 2 heterocycles. The molecular formula is C19H22F2N2S. The van der Waals surface area contributed by atoms with Crippen LogP contribution in [-0.2, 0) is 0 Å². The van der Waals surface area contributed by atoms with E-state index in [1.54, 1.807) is 17.4 Å². The zero-order chi connectivity index (χ0) is 17.1. The standard InChI is InChI=1S/C19H22F2N2S/c1-3-4-5-6-8-13(2)17-12-24-19-22-16(11-23(17)19)14-9-7-10-15(20)18(14)21/h7,9-13H,3-6,8H2,1-2H3. The van der Waals surface area contributed by atoms with Crippen LogP contribution in [0.3, 0.4) is 0 Å². The molecule has 2 nitrogen and oxygen atoms in total. The van der Waals surface area contributed by atoms with Gasteiger partial charge in [0.25, 0.3) is 0 Å². The molecule has 0 aliphatic heterocycles. The van der Waals surface area contributed by atoms with Crippen LogP contribution in [0, 0.1) is 11.6 Å². The zero-order valence-electron chi connectivity index (χ0n) is 14.1. The first kappa shape index (κ1) is 17.1. The first-order valence-corrected chi connectivity index (χ1v) is 9.40. The fourth-order valence-electron chi connectivity index (χ4n) is 3.01. The van der Waals surface area contributed by atoms with Crippen LogP contribution in [0.25, 0.3) is 16.2 Å². The van der Waals surface area contributed by atoms with Crippen molar-refractivity contribution in [2.24, 2.45) is 0 Å². The van der Waals surface area contributed by atoms with Gasteiger partial charge in [0.2, 0.25) is 0 Å². The fraction of sp³-hybridized carbons (Fsp3) is 0.421. The van der Waals surface area contributed by atoms with Crippen molar-refractivity contribution in [3.05, 3.63) is 47.1 Å². The zero-order valence-corrected chi connectivity index (χ0v) is 14.9. The molecule has 0 bridgehead atoms. The molecule has 0 saturated carbocycles. The molecule has 1 atom stereocenters. The summed E-state index contributed by atoms with van der Waals surface area (Å²) >= 11 is 1.55. The van der Waals surface area contributed by atoms with Gasteiger partial charge in [-0.15, -0.1) is 11.3 Å². The van der Waals surface area contributed by atoms with Gasteiger partial charge in [-0.25, -0.2) is 13.8 Å². The summed E-state index contributed by atoms with van der Waals surface area (Å²) in [6, 6.07) is 4.21. The van der Waals surface area contributed by atoms with Crippen LogP contribution in [-0.4, -0.2) is 9.38 Å². The summed E-state index contributed by atoms with van der Waals surface area (Å²) in [7, 11) is 0. The van der Waals surface area contributed by atoms with E-state index in [1.807, 2.05) is 10.6 Å². The summed E-state index contributed by atoms with van der Waals surface area (Å²) in [5, 5.41) is 2.12. The molecule has 24 heavy (non-hydrogen) atoms. The van der Waals surface area contributed by atoms with Crippen LogP contribution < -0.4 is 0 Å². The Morgan fingerprint density at radius 3 is 2.83 bits per heavy atom. The normalized spacial score (nSPS) is 12.8. The quantitative estimate of drug-likeness (QED) is 0.451. The van der Waals surface area contributed by atoms with Crippen LogP contribution in [0.5, 0.6) is 0 Å². The van der Waals surface area contributed by atoms with Crippen LogP contribution in [0.1, 0.15) is 57.6 Å². The molecule has 2 aromatic heterocycles. The van der Waals surface area contributed by atoms with Gasteiger partial charge in [-0.2, -0.15) is 0 Å². The van der Waals surface area contributed by atoms with Crippen molar-refractivity contribution in [1.82, 2.24) is 9.38 Å². The van der Waals surface area contributed by atoms with Gasteiger partial charge in [-0.1, -0.05) is 45.6 Å². The second-order valence-corrected chi connectivity index (χ2v) is 7.13. The molecule has 3 rings (SSSR count). The second-order valence-electron chi connectivity index (χ2n) is 6.29. The number of hydrogen-bond acceptors (Lipinski definition) is 2. The van der Waals surface area contributed by atoms with E-state index in [-0.39, 0.29) is 5.56 Å². The van der Waals surface area contributed by atoms with Crippen molar-refractivity contribution in [2.45, 2.75) is 51.9 Å². The second kappa shape index (κ2) is 7.43. The van der Waals surface area contributed by atoms with E-state index in [0.29, 0.717) is 11.6 Å². The number of nitrogens with zero attached hydrogens (tertiary/aromatic N) is 2.